The van der Waals surface area contributed by atoms with Crippen molar-refractivity contribution in [3.63, 3.8) is 0 Å². The SMILES string of the molecule is Cc1nc(C2CCOc3ccccc32)ncc1[C@@H](C)N. The predicted octanol–water partition coefficient (Wildman–Crippen LogP) is 2.72. The van der Waals surface area contributed by atoms with Crippen LogP contribution in [-0.4, -0.2) is 16.6 Å². The lowest BCUT2D eigenvalue weighted by atomic mass is 9.92. The Hall–Kier alpha value is -1.94. The minimum absolute atomic E-state index is 0.0361. The lowest BCUT2D eigenvalue weighted by molar-refractivity contribution is 0.274. The zero-order chi connectivity index (χ0) is 14.1. The lowest BCUT2D eigenvalue weighted by Gasteiger charge is -2.25. The van der Waals surface area contributed by atoms with E-state index in [0.717, 1.165) is 29.3 Å². The van der Waals surface area contributed by atoms with E-state index in [9.17, 15) is 0 Å². The number of nitrogens with zero attached hydrogens (tertiary/aromatic N) is 2. The highest BCUT2D eigenvalue weighted by Gasteiger charge is 2.25. The van der Waals surface area contributed by atoms with Crippen LogP contribution in [0.2, 0.25) is 0 Å². The van der Waals surface area contributed by atoms with Crippen molar-refractivity contribution < 1.29 is 4.74 Å². The molecule has 0 amide bonds. The highest BCUT2D eigenvalue weighted by molar-refractivity contribution is 5.41. The number of hydrogen-bond donors (Lipinski definition) is 1. The third kappa shape index (κ3) is 2.27. The minimum atomic E-state index is -0.0361. The van der Waals surface area contributed by atoms with Crippen molar-refractivity contribution in [1.82, 2.24) is 9.97 Å². The first-order chi connectivity index (χ1) is 9.66. The van der Waals surface area contributed by atoms with Gasteiger partial charge in [0.1, 0.15) is 11.6 Å². The van der Waals surface area contributed by atoms with Crippen molar-refractivity contribution >= 4 is 0 Å². The topological polar surface area (TPSA) is 61.0 Å². The van der Waals surface area contributed by atoms with E-state index in [4.69, 9.17) is 10.5 Å². The Balaban J connectivity index is 2.00. The van der Waals surface area contributed by atoms with Crippen LogP contribution >= 0.6 is 0 Å². The van der Waals surface area contributed by atoms with E-state index in [0.29, 0.717) is 6.61 Å². The molecule has 1 unspecified atom stereocenters. The maximum atomic E-state index is 5.92. The zero-order valence-electron chi connectivity index (χ0n) is 11.8. The molecule has 3 rings (SSSR count). The molecule has 1 aliphatic heterocycles. The molecule has 0 bridgehead atoms. The van der Waals surface area contributed by atoms with E-state index in [1.807, 2.05) is 38.2 Å². The third-order valence-corrected chi connectivity index (χ3v) is 3.80. The normalized spacial score (nSPS) is 19.1. The van der Waals surface area contributed by atoms with Gasteiger partial charge in [0.25, 0.3) is 0 Å². The van der Waals surface area contributed by atoms with E-state index in [2.05, 4.69) is 16.0 Å². The van der Waals surface area contributed by atoms with Crippen molar-refractivity contribution in [2.45, 2.75) is 32.2 Å². The molecule has 0 spiro atoms. The molecule has 0 aliphatic carbocycles. The van der Waals surface area contributed by atoms with E-state index < -0.39 is 0 Å². The summed E-state index contributed by atoms with van der Waals surface area (Å²) in [7, 11) is 0. The van der Waals surface area contributed by atoms with Crippen LogP contribution in [0.4, 0.5) is 0 Å². The summed E-state index contributed by atoms with van der Waals surface area (Å²) in [5.41, 5.74) is 9.07. The maximum Gasteiger partial charge on any atom is 0.136 e. The number of fused-ring (bicyclic) bond motifs is 1. The van der Waals surface area contributed by atoms with Crippen LogP contribution in [0.25, 0.3) is 0 Å². The van der Waals surface area contributed by atoms with Crippen LogP contribution in [0.3, 0.4) is 0 Å². The molecular weight excluding hydrogens is 250 g/mol. The Bertz CT molecular complexity index is 625. The third-order valence-electron chi connectivity index (χ3n) is 3.80. The number of benzene rings is 1. The number of aromatic nitrogens is 2. The van der Waals surface area contributed by atoms with Gasteiger partial charge >= 0.3 is 0 Å². The molecule has 0 fully saturated rings. The standard InChI is InChI=1S/C16H19N3O/c1-10(17)14-9-18-16(19-11(14)2)13-7-8-20-15-6-4-3-5-12(13)15/h3-6,9-10,13H,7-8,17H2,1-2H3/t10-,13?/m1/s1. The van der Waals surface area contributed by atoms with Crippen LogP contribution < -0.4 is 10.5 Å². The summed E-state index contributed by atoms with van der Waals surface area (Å²) in [6, 6.07) is 8.09. The second-order valence-corrected chi connectivity index (χ2v) is 5.29. The van der Waals surface area contributed by atoms with E-state index >= 15 is 0 Å². The second kappa shape index (κ2) is 5.21. The quantitative estimate of drug-likeness (QED) is 0.910. The summed E-state index contributed by atoms with van der Waals surface area (Å²) < 4.78 is 5.69. The average Bonchev–Trinajstić information content (AvgIpc) is 2.46. The first kappa shape index (κ1) is 13.1. The molecule has 4 nitrogen and oxygen atoms in total. The summed E-state index contributed by atoms with van der Waals surface area (Å²) in [5.74, 6) is 2.02. The van der Waals surface area contributed by atoms with Crippen molar-refractivity contribution in [2.24, 2.45) is 5.73 Å². The van der Waals surface area contributed by atoms with Crippen molar-refractivity contribution in [1.29, 1.82) is 0 Å². The monoisotopic (exact) mass is 269 g/mol. The van der Waals surface area contributed by atoms with Gasteiger partial charge in [-0.3, -0.25) is 0 Å². The predicted molar refractivity (Wildman–Crippen MR) is 77.8 cm³/mol. The molecule has 20 heavy (non-hydrogen) atoms. The number of ether oxygens (including phenoxy) is 1. The minimum Gasteiger partial charge on any atom is -0.493 e. The molecule has 1 aliphatic rings. The van der Waals surface area contributed by atoms with Gasteiger partial charge in [0, 0.05) is 29.1 Å². The van der Waals surface area contributed by atoms with Gasteiger partial charge in [-0.1, -0.05) is 18.2 Å². The molecule has 2 heterocycles. The van der Waals surface area contributed by atoms with Gasteiger partial charge in [0.15, 0.2) is 0 Å². The Labute approximate surface area is 119 Å². The molecule has 0 saturated carbocycles. The van der Waals surface area contributed by atoms with Crippen LogP contribution in [0.1, 0.15) is 47.9 Å². The van der Waals surface area contributed by atoms with Gasteiger partial charge in [-0.05, 0) is 26.3 Å². The summed E-state index contributed by atoms with van der Waals surface area (Å²) in [5, 5.41) is 0. The number of aryl methyl sites for hydroxylation is 1. The molecular formula is C16H19N3O. The van der Waals surface area contributed by atoms with Crippen molar-refractivity contribution in [3.05, 3.63) is 53.1 Å². The number of para-hydroxylation sites is 1. The Morgan fingerprint density at radius 2 is 2.15 bits per heavy atom. The molecule has 1 aromatic heterocycles. The van der Waals surface area contributed by atoms with Crippen LogP contribution in [0.5, 0.6) is 5.75 Å². The molecule has 2 N–H and O–H groups in total. The zero-order valence-corrected chi connectivity index (χ0v) is 11.8. The Kier molecular flexibility index (Phi) is 3.40. The van der Waals surface area contributed by atoms with Crippen molar-refractivity contribution in [3.8, 4) is 5.75 Å². The maximum absolute atomic E-state index is 5.92. The summed E-state index contributed by atoms with van der Waals surface area (Å²) in [6.45, 7) is 4.66. The second-order valence-electron chi connectivity index (χ2n) is 5.29. The summed E-state index contributed by atoms with van der Waals surface area (Å²) in [4.78, 5) is 9.21. The van der Waals surface area contributed by atoms with Gasteiger partial charge < -0.3 is 10.5 Å². The molecule has 104 valence electrons. The number of rotatable bonds is 2. The lowest BCUT2D eigenvalue weighted by Crippen LogP contribution is -2.18. The Morgan fingerprint density at radius 1 is 1.35 bits per heavy atom. The average molecular weight is 269 g/mol. The molecule has 4 heteroatoms. The molecule has 2 atom stereocenters. The van der Waals surface area contributed by atoms with Gasteiger partial charge in [0.05, 0.1) is 12.5 Å². The fourth-order valence-corrected chi connectivity index (χ4v) is 2.72. The van der Waals surface area contributed by atoms with Crippen LogP contribution in [-0.2, 0) is 0 Å². The fourth-order valence-electron chi connectivity index (χ4n) is 2.72. The molecule has 1 aromatic carbocycles. The van der Waals surface area contributed by atoms with Crippen LogP contribution in [0.15, 0.2) is 30.5 Å². The van der Waals surface area contributed by atoms with Gasteiger partial charge in [-0.25, -0.2) is 9.97 Å². The number of hydrogen-bond acceptors (Lipinski definition) is 4. The van der Waals surface area contributed by atoms with Gasteiger partial charge in [-0.2, -0.15) is 0 Å². The van der Waals surface area contributed by atoms with E-state index in [-0.39, 0.29) is 12.0 Å². The fraction of sp³-hybridized carbons (Fsp3) is 0.375. The van der Waals surface area contributed by atoms with E-state index in [1.54, 1.807) is 0 Å². The summed E-state index contributed by atoms with van der Waals surface area (Å²) >= 11 is 0. The number of nitrogens with two attached hydrogens (primary N) is 1. The molecule has 0 saturated heterocycles. The van der Waals surface area contributed by atoms with Crippen molar-refractivity contribution in [2.75, 3.05) is 6.61 Å². The molecule has 2 aromatic rings. The van der Waals surface area contributed by atoms with Crippen LogP contribution in [0, 0.1) is 6.92 Å². The smallest absolute Gasteiger partial charge is 0.136 e. The van der Waals surface area contributed by atoms with E-state index in [1.165, 1.54) is 5.56 Å². The highest BCUT2D eigenvalue weighted by Crippen LogP contribution is 2.36. The van der Waals surface area contributed by atoms with Gasteiger partial charge in [0.2, 0.25) is 0 Å². The molecule has 0 radical (unpaired) electrons. The Morgan fingerprint density at radius 3 is 2.90 bits per heavy atom. The van der Waals surface area contributed by atoms with Gasteiger partial charge in [-0.15, -0.1) is 0 Å². The summed E-state index contributed by atoms with van der Waals surface area (Å²) in [6.07, 6.45) is 2.77. The highest BCUT2D eigenvalue weighted by atomic mass is 16.5. The first-order valence-electron chi connectivity index (χ1n) is 6.97. The first-order valence-corrected chi connectivity index (χ1v) is 6.97. The largest absolute Gasteiger partial charge is 0.493 e.